The van der Waals surface area contributed by atoms with E-state index in [1.807, 2.05) is 6.07 Å². The van der Waals surface area contributed by atoms with Gasteiger partial charge in [0.2, 0.25) is 0 Å². The van der Waals surface area contributed by atoms with E-state index in [9.17, 15) is 9.59 Å². The summed E-state index contributed by atoms with van der Waals surface area (Å²) in [6.07, 6.45) is 3.30. The number of para-hydroxylation sites is 1. The highest BCUT2D eigenvalue weighted by molar-refractivity contribution is 7.17. The van der Waals surface area contributed by atoms with E-state index in [0.717, 1.165) is 36.1 Å². The van der Waals surface area contributed by atoms with E-state index in [1.54, 1.807) is 24.3 Å². The molecular weight excluding hydrogens is 314 g/mol. The van der Waals surface area contributed by atoms with Gasteiger partial charge in [0, 0.05) is 4.88 Å². The van der Waals surface area contributed by atoms with Crippen molar-refractivity contribution in [3.05, 3.63) is 46.3 Å². The topological polar surface area (TPSA) is 64.6 Å². The summed E-state index contributed by atoms with van der Waals surface area (Å²) in [7, 11) is 1.35. The SMILES string of the molecule is COC(=O)c1c(NC(=O)Oc2ccccc2)sc2c1CCCC2. The van der Waals surface area contributed by atoms with E-state index in [0.29, 0.717) is 16.3 Å². The monoisotopic (exact) mass is 331 g/mol. The molecule has 3 rings (SSSR count). The van der Waals surface area contributed by atoms with Crippen LogP contribution in [0.5, 0.6) is 5.75 Å². The first-order valence-corrected chi connectivity index (χ1v) is 8.27. The minimum Gasteiger partial charge on any atom is -0.465 e. The zero-order valence-corrected chi connectivity index (χ0v) is 13.6. The van der Waals surface area contributed by atoms with Gasteiger partial charge in [-0.15, -0.1) is 11.3 Å². The molecule has 0 saturated heterocycles. The smallest absolute Gasteiger partial charge is 0.417 e. The Morgan fingerprint density at radius 1 is 1.13 bits per heavy atom. The van der Waals surface area contributed by atoms with Crippen LogP contribution in [0.2, 0.25) is 0 Å². The minimum atomic E-state index is -0.611. The fraction of sp³-hybridized carbons (Fsp3) is 0.294. The summed E-state index contributed by atoms with van der Waals surface area (Å²) in [5.41, 5.74) is 1.47. The highest BCUT2D eigenvalue weighted by atomic mass is 32.1. The molecule has 0 radical (unpaired) electrons. The third kappa shape index (κ3) is 3.37. The van der Waals surface area contributed by atoms with Crippen LogP contribution in [0.3, 0.4) is 0 Å². The van der Waals surface area contributed by atoms with Crippen molar-refractivity contribution < 1.29 is 19.1 Å². The number of carbonyl (C=O) groups excluding carboxylic acids is 2. The molecular formula is C17H17NO4S. The van der Waals surface area contributed by atoms with Crippen LogP contribution in [0.15, 0.2) is 30.3 Å². The summed E-state index contributed by atoms with van der Waals surface area (Å²) in [4.78, 5) is 25.3. The van der Waals surface area contributed by atoms with Gasteiger partial charge in [-0.1, -0.05) is 18.2 Å². The van der Waals surface area contributed by atoms with Crippen molar-refractivity contribution in [2.45, 2.75) is 25.7 Å². The lowest BCUT2D eigenvalue weighted by molar-refractivity contribution is 0.0601. The predicted octanol–water partition coefficient (Wildman–Crippen LogP) is 4.02. The number of hydrogen-bond acceptors (Lipinski definition) is 5. The third-order valence-corrected chi connectivity index (χ3v) is 4.94. The number of ether oxygens (including phenoxy) is 2. The van der Waals surface area contributed by atoms with Gasteiger partial charge in [-0.3, -0.25) is 5.32 Å². The van der Waals surface area contributed by atoms with Crippen molar-refractivity contribution in [2.75, 3.05) is 12.4 Å². The Morgan fingerprint density at radius 2 is 1.87 bits per heavy atom. The van der Waals surface area contributed by atoms with E-state index in [-0.39, 0.29) is 0 Å². The minimum absolute atomic E-state index is 0.417. The number of nitrogens with one attached hydrogen (secondary N) is 1. The lowest BCUT2D eigenvalue weighted by atomic mass is 9.95. The summed E-state index contributed by atoms with van der Waals surface area (Å²) < 4.78 is 10.1. The number of rotatable bonds is 3. The number of thiophene rings is 1. The molecule has 5 nitrogen and oxygen atoms in total. The van der Waals surface area contributed by atoms with Crippen LogP contribution >= 0.6 is 11.3 Å². The van der Waals surface area contributed by atoms with Gasteiger partial charge in [-0.25, -0.2) is 9.59 Å². The maximum absolute atomic E-state index is 12.1. The van der Waals surface area contributed by atoms with Crippen LogP contribution in [0.25, 0.3) is 0 Å². The maximum atomic E-state index is 12.1. The fourth-order valence-electron chi connectivity index (χ4n) is 2.69. The summed E-state index contributed by atoms with van der Waals surface area (Å²) in [6.45, 7) is 0. The molecule has 1 amide bonds. The number of fused-ring (bicyclic) bond motifs is 1. The summed E-state index contributed by atoms with van der Waals surface area (Å²) >= 11 is 1.43. The van der Waals surface area contributed by atoms with Crippen LogP contribution < -0.4 is 10.1 Å². The molecule has 6 heteroatoms. The molecule has 1 aliphatic rings. The van der Waals surface area contributed by atoms with Gasteiger partial charge in [0.15, 0.2) is 0 Å². The van der Waals surface area contributed by atoms with Gasteiger partial charge in [0.05, 0.1) is 12.7 Å². The molecule has 1 aromatic heterocycles. The Kier molecular flexibility index (Phi) is 4.62. The van der Waals surface area contributed by atoms with E-state index in [2.05, 4.69) is 5.32 Å². The van der Waals surface area contributed by atoms with Gasteiger partial charge >= 0.3 is 12.1 Å². The first-order valence-electron chi connectivity index (χ1n) is 7.45. The van der Waals surface area contributed by atoms with E-state index in [1.165, 1.54) is 18.4 Å². The van der Waals surface area contributed by atoms with Crippen molar-refractivity contribution in [1.29, 1.82) is 0 Å². The van der Waals surface area contributed by atoms with E-state index < -0.39 is 12.1 Å². The Morgan fingerprint density at radius 3 is 2.61 bits per heavy atom. The van der Waals surface area contributed by atoms with Crippen molar-refractivity contribution in [2.24, 2.45) is 0 Å². The van der Waals surface area contributed by atoms with Gasteiger partial charge in [0.1, 0.15) is 10.8 Å². The number of aryl methyl sites for hydroxylation is 1. The molecule has 0 aliphatic heterocycles. The largest absolute Gasteiger partial charge is 0.465 e. The van der Waals surface area contributed by atoms with Crippen LogP contribution in [0.4, 0.5) is 9.80 Å². The number of amides is 1. The van der Waals surface area contributed by atoms with E-state index >= 15 is 0 Å². The predicted molar refractivity (Wildman–Crippen MR) is 88.4 cm³/mol. The van der Waals surface area contributed by atoms with Crippen molar-refractivity contribution in [1.82, 2.24) is 0 Å². The molecule has 1 aliphatic carbocycles. The van der Waals surface area contributed by atoms with E-state index in [4.69, 9.17) is 9.47 Å². The fourth-order valence-corrected chi connectivity index (χ4v) is 3.95. The third-order valence-electron chi connectivity index (χ3n) is 3.73. The maximum Gasteiger partial charge on any atom is 0.417 e. The lowest BCUT2D eigenvalue weighted by Gasteiger charge is -2.11. The van der Waals surface area contributed by atoms with Gasteiger partial charge in [0.25, 0.3) is 0 Å². The van der Waals surface area contributed by atoms with Gasteiger partial charge in [-0.2, -0.15) is 0 Å². The molecule has 1 heterocycles. The Labute approximate surface area is 138 Å². The number of esters is 1. The zero-order chi connectivity index (χ0) is 16.2. The first-order chi connectivity index (χ1) is 11.2. The number of methoxy groups -OCH3 is 1. The highest BCUT2D eigenvalue weighted by Crippen LogP contribution is 2.38. The molecule has 0 spiro atoms. The first kappa shape index (κ1) is 15.6. The second kappa shape index (κ2) is 6.83. The molecule has 1 aromatic carbocycles. The number of benzene rings is 1. The molecule has 0 bridgehead atoms. The van der Waals surface area contributed by atoms with Crippen molar-refractivity contribution in [3.63, 3.8) is 0 Å². The molecule has 1 N–H and O–H groups in total. The Bertz CT molecular complexity index is 724. The van der Waals surface area contributed by atoms with Crippen molar-refractivity contribution >= 4 is 28.4 Å². The molecule has 2 aromatic rings. The highest BCUT2D eigenvalue weighted by Gasteiger charge is 2.27. The van der Waals surface area contributed by atoms with Crippen LogP contribution in [0, 0.1) is 0 Å². The van der Waals surface area contributed by atoms with Crippen molar-refractivity contribution in [3.8, 4) is 5.75 Å². The summed E-state index contributed by atoms with van der Waals surface area (Å²) in [5, 5.41) is 3.19. The molecule has 0 fully saturated rings. The summed E-state index contributed by atoms with van der Waals surface area (Å²) in [5.74, 6) is 0.0327. The second-order valence-electron chi connectivity index (χ2n) is 5.23. The lowest BCUT2D eigenvalue weighted by Crippen LogP contribution is -2.18. The average Bonchev–Trinajstić information content (AvgIpc) is 2.92. The molecule has 0 saturated carbocycles. The van der Waals surface area contributed by atoms with Crippen LogP contribution in [-0.4, -0.2) is 19.2 Å². The molecule has 120 valence electrons. The average molecular weight is 331 g/mol. The number of carbonyl (C=O) groups is 2. The standard InChI is InChI=1S/C17H17NO4S/c1-21-16(19)14-12-9-5-6-10-13(12)23-15(14)18-17(20)22-11-7-3-2-4-8-11/h2-4,7-8H,5-6,9-10H2,1H3,(H,18,20). The van der Waals surface area contributed by atoms with Gasteiger partial charge in [-0.05, 0) is 43.4 Å². The van der Waals surface area contributed by atoms with Crippen LogP contribution in [-0.2, 0) is 17.6 Å². The molecule has 0 unspecified atom stereocenters. The van der Waals surface area contributed by atoms with Crippen LogP contribution in [0.1, 0.15) is 33.6 Å². The number of anilines is 1. The zero-order valence-electron chi connectivity index (χ0n) is 12.8. The van der Waals surface area contributed by atoms with Gasteiger partial charge < -0.3 is 9.47 Å². The number of hydrogen-bond donors (Lipinski definition) is 1. The quantitative estimate of drug-likeness (QED) is 0.863. The Balaban J connectivity index is 1.83. The Hall–Kier alpha value is -2.34. The molecule has 0 atom stereocenters. The summed E-state index contributed by atoms with van der Waals surface area (Å²) in [6, 6.07) is 8.80. The molecule has 23 heavy (non-hydrogen) atoms. The second-order valence-corrected chi connectivity index (χ2v) is 6.34. The normalized spacial score (nSPS) is 13.1.